The Labute approximate surface area is 111 Å². The number of ether oxygens (including phenoxy) is 1. The molecule has 1 rings (SSSR count). The van der Waals surface area contributed by atoms with Crippen LogP contribution in [0.1, 0.15) is 17.3 Å². The summed E-state index contributed by atoms with van der Waals surface area (Å²) >= 11 is 0. The Balaban J connectivity index is 2.78. The van der Waals surface area contributed by atoms with E-state index in [9.17, 15) is 14.7 Å². The van der Waals surface area contributed by atoms with Crippen LogP contribution in [0.2, 0.25) is 0 Å². The molecule has 0 bridgehead atoms. The van der Waals surface area contributed by atoms with E-state index in [2.05, 4.69) is 5.32 Å². The molecule has 2 atom stereocenters. The molecular formula is C13H17NO5. The second kappa shape index (κ2) is 6.86. The Hall–Kier alpha value is -1.92. The highest BCUT2D eigenvalue weighted by molar-refractivity contribution is 5.98. The lowest BCUT2D eigenvalue weighted by Gasteiger charge is -2.19. The molecule has 0 aliphatic carbocycles. The van der Waals surface area contributed by atoms with Gasteiger partial charge in [0, 0.05) is 5.56 Å². The van der Waals surface area contributed by atoms with Gasteiger partial charge in [-0.15, -0.1) is 0 Å². The predicted octanol–water partition coefficient (Wildman–Crippen LogP) is -0.264. The normalized spacial score (nSPS) is 13.5. The lowest BCUT2D eigenvalue weighted by molar-refractivity contribution is -0.125. The molecule has 1 aromatic carbocycles. The van der Waals surface area contributed by atoms with Crippen molar-refractivity contribution in [1.82, 2.24) is 5.32 Å². The summed E-state index contributed by atoms with van der Waals surface area (Å²) in [6.07, 6.45) is -1.08. The van der Waals surface area contributed by atoms with E-state index in [-0.39, 0.29) is 0 Å². The molecule has 0 fully saturated rings. The molecular weight excluding hydrogens is 250 g/mol. The zero-order chi connectivity index (χ0) is 14.4. The van der Waals surface area contributed by atoms with Gasteiger partial charge in [0.05, 0.1) is 13.2 Å². The second-order valence-corrected chi connectivity index (χ2v) is 4.04. The van der Waals surface area contributed by atoms with Crippen LogP contribution >= 0.6 is 0 Å². The van der Waals surface area contributed by atoms with Gasteiger partial charge in [-0.1, -0.05) is 0 Å². The van der Waals surface area contributed by atoms with Crippen molar-refractivity contribution in [2.24, 2.45) is 0 Å². The van der Waals surface area contributed by atoms with Crippen molar-refractivity contribution in [2.45, 2.75) is 19.1 Å². The van der Waals surface area contributed by atoms with Crippen LogP contribution < -0.4 is 10.1 Å². The highest BCUT2D eigenvalue weighted by Gasteiger charge is 2.25. The van der Waals surface area contributed by atoms with Crippen LogP contribution in [0, 0.1) is 0 Å². The zero-order valence-electron chi connectivity index (χ0n) is 10.8. The molecule has 1 amide bonds. The first kappa shape index (κ1) is 15.1. The molecule has 0 saturated heterocycles. The highest BCUT2D eigenvalue weighted by Crippen LogP contribution is 2.11. The van der Waals surface area contributed by atoms with Crippen molar-refractivity contribution in [1.29, 1.82) is 0 Å². The smallest absolute Gasteiger partial charge is 0.251 e. The van der Waals surface area contributed by atoms with Gasteiger partial charge in [0.2, 0.25) is 0 Å². The summed E-state index contributed by atoms with van der Waals surface area (Å²) in [5.41, 5.74) is 0.331. The van der Waals surface area contributed by atoms with Gasteiger partial charge >= 0.3 is 0 Å². The Morgan fingerprint density at radius 2 is 1.89 bits per heavy atom. The molecule has 0 saturated carbocycles. The maximum atomic E-state index is 11.9. The minimum absolute atomic E-state index is 0.331. The summed E-state index contributed by atoms with van der Waals surface area (Å²) < 4.78 is 4.96. The van der Waals surface area contributed by atoms with Crippen molar-refractivity contribution in [3.8, 4) is 5.75 Å². The first-order valence-corrected chi connectivity index (χ1v) is 5.76. The molecule has 0 aliphatic heterocycles. The molecule has 1 aromatic rings. The van der Waals surface area contributed by atoms with Gasteiger partial charge in [0.1, 0.15) is 18.4 Å². The standard InChI is InChI=1S/C13H17NO5/c1-8(16)12(11(17)7-15)14-13(18)9-3-5-10(19-2)6-4-9/h3-6,8,12,15-16H,7H2,1-2H3,(H,14,18)/t8-,12+/m1/s1. The number of rotatable bonds is 6. The third kappa shape index (κ3) is 4.04. The van der Waals surface area contributed by atoms with Gasteiger partial charge < -0.3 is 20.3 Å². The van der Waals surface area contributed by atoms with Gasteiger partial charge in [0.15, 0.2) is 5.78 Å². The quantitative estimate of drug-likeness (QED) is 0.659. The second-order valence-electron chi connectivity index (χ2n) is 4.04. The molecule has 0 aliphatic rings. The molecule has 3 N–H and O–H groups in total. The summed E-state index contributed by atoms with van der Waals surface area (Å²) in [5.74, 6) is -0.540. The van der Waals surface area contributed by atoms with Gasteiger partial charge in [-0.05, 0) is 31.2 Å². The zero-order valence-corrected chi connectivity index (χ0v) is 10.8. The summed E-state index contributed by atoms with van der Waals surface area (Å²) in [6, 6.07) is 5.17. The van der Waals surface area contributed by atoms with Crippen LogP contribution in [0.25, 0.3) is 0 Å². The van der Waals surface area contributed by atoms with E-state index >= 15 is 0 Å². The van der Waals surface area contributed by atoms with Crippen LogP contribution in [0.15, 0.2) is 24.3 Å². The van der Waals surface area contributed by atoms with Crippen LogP contribution in [-0.4, -0.2) is 47.8 Å². The van der Waals surface area contributed by atoms with Crippen molar-refractivity contribution in [2.75, 3.05) is 13.7 Å². The van der Waals surface area contributed by atoms with Crippen molar-refractivity contribution >= 4 is 11.7 Å². The van der Waals surface area contributed by atoms with Crippen LogP contribution in [0.3, 0.4) is 0 Å². The van der Waals surface area contributed by atoms with E-state index in [1.165, 1.54) is 26.2 Å². The van der Waals surface area contributed by atoms with E-state index in [1.807, 2.05) is 0 Å². The van der Waals surface area contributed by atoms with Gasteiger partial charge in [-0.3, -0.25) is 9.59 Å². The molecule has 0 unspecified atom stereocenters. The summed E-state index contributed by atoms with van der Waals surface area (Å²) in [7, 11) is 1.51. The van der Waals surface area contributed by atoms with Gasteiger partial charge in [0.25, 0.3) is 5.91 Å². The van der Waals surface area contributed by atoms with E-state index in [0.717, 1.165) is 0 Å². The van der Waals surface area contributed by atoms with E-state index in [1.54, 1.807) is 12.1 Å². The fraction of sp³-hybridized carbons (Fsp3) is 0.385. The third-order valence-electron chi connectivity index (χ3n) is 2.62. The molecule has 0 aromatic heterocycles. The average Bonchev–Trinajstić information content (AvgIpc) is 2.43. The number of methoxy groups -OCH3 is 1. The molecule has 0 radical (unpaired) electrons. The molecule has 6 nitrogen and oxygen atoms in total. The fourth-order valence-corrected chi connectivity index (χ4v) is 1.54. The largest absolute Gasteiger partial charge is 0.497 e. The number of hydrogen-bond donors (Lipinski definition) is 3. The monoisotopic (exact) mass is 267 g/mol. The van der Waals surface area contributed by atoms with Crippen molar-refractivity contribution < 1.29 is 24.5 Å². The van der Waals surface area contributed by atoms with Crippen molar-refractivity contribution in [3.05, 3.63) is 29.8 Å². The van der Waals surface area contributed by atoms with Crippen molar-refractivity contribution in [3.63, 3.8) is 0 Å². The number of nitrogens with one attached hydrogen (secondary N) is 1. The molecule has 19 heavy (non-hydrogen) atoms. The lowest BCUT2D eigenvalue weighted by atomic mass is 10.1. The molecule has 0 heterocycles. The van der Waals surface area contributed by atoms with Crippen LogP contribution in [0.4, 0.5) is 0 Å². The number of carbonyl (C=O) groups is 2. The first-order valence-electron chi connectivity index (χ1n) is 5.76. The Morgan fingerprint density at radius 1 is 1.32 bits per heavy atom. The van der Waals surface area contributed by atoms with Crippen LogP contribution in [0.5, 0.6) is 5.75 Å². The summed E-state index contributed by atoms with van der Waals surface area (Å²) in [5, 5.41) is 20.6. The number of hydrogen-bond acceptors (Lipinski definition) is 5. The number of Topliss-reactive ketones (excluding diaryl/α,β-unsaturated/α-hetero) is 1. The molecule has 104 valence electrons. The van der Waals surface area contributed by atoms with E-state index in [4.69, 9.17) is 9.84 Å². The van der Waals surface area contributed by atoms with E-state index in [0.29, 0.717) is 11.3 Å². The third-order valence-corrected chi connectivity index (χ3v) is 2.62. The minimum Gasteiger partial charge on any atom is -0.497 e. The molecule has 6 heteroatoms. The Morgan fingerprint density at radius 3 is 2.32 bits per heavy atom. The topological polar surface area (TPSA) is 95.9 Å². The van der Waals surface area contributed by atoms with Gasteiger partial charge in [-0.2, -0.15) is 0 Å². The number of amides is 1. The predicted molar refractivity (Wildman–Crippen MR) is 68.0 cm³/mol. The highest BCUT2D eigenvalue weighted by atomic mass is 16.5. The fourth-order valence-electron chi connectivity index (χ4n) is 1.54. The summed E-state index contributed by atoms with van der Waals surface area (Å²) in [4.78, 5) is 23.3. The maximum Gasteiger partial charge on any atom is 0.251 e. The number of aliphatic hydroxyl groups is 2. The molecule has 0 spiro atoms. The first-order chi connectivity index (χ1) is 8.99. The lowest BCUT2D eigenvalue weighted by Crippen LogP contribution is -2.48. The number of ketones is 1. The van der Waals surface area contributed by atoms with E-state index < -0.39 is 30.4 Å². The average molecular weight is 267 g/mol. The Bertz CT molecular complexity index is 441. The maximum absolute atomic E-state index is 11.9. The van der Waals surface area contributed by atoms with Crippen LogP contribution in [-0.2, 0) is 4.79 Å². The number of benzene rings is 1. The SMILES string of the molecule is COc1ccc(C(=O)N[C@H](C(=O)CO)[C@@H](C)O)cc1. The number of aliphatic hydroxyl groups excluding tert-OH is 2. The minimum atomic E-state index is -1.13. The van der Waals surface area contributed by atoms with Gasteiger partial charge in [-0.25, -0.2) is 0 Å². The number of carbonyl (C=O) groups excluding carboxylic acids is 2. The summed E-state index contributed by atoms with van der Waals surface area (Å²) in [6.45, 7) is 0.630. The Kier molecular flexibility index (Phi) is 5.47.